The molecular weight excluding hydrogens is 363 g/mol. The van der Waals surface area contributed by atoms with Crippen LogP contribution in [0.15, 0.2) is 28.7 Å². The molecule has 0 unspecified atom stereocenters. The van der Waals surface area contributed by atoms with Crippen LogP contribution in [0, 0.1) is 3.01 Å². The Kier molecular flexibility index (Phi) is 2.95. The topological polar surface area (TPSA) is 25.8 Å². The second-order valence-electron chi connectivity index (χ2n) is 2.37. The van der Waals surface area contributed by atoms with Crippen molar-refractivity contribution in [3.8, 4) is 10.6 Å². The van der Waals surface area contributed by atoms with E-state index in [2.05, 4.69) is 48.7 Å². The molecule has 2 nitrogen and oxygen atoms in total. The SMILES string of the molecule is Brc1ccc(-c2nnc(I)s2)cc1. The number of aromatic nitrogens is 2. The molecule has 2 aromatic rings. The molecule has 0 fully saturated rings. The Morgan fingerprint density at radius 1 is 1.15 bits per heavy atom. The lowest BCUT2D eigenvalue weighted by Crippen LogP contribution is -1.75. The van der Waals surface area contributed by atoms with Gasteiger partial charge in [-0.3, -0.25) is 0 Å². The van der Waals surface area contributed by atoms with Gasteiger partial charge in [-0.1, -0.05) is 39.4 Å². The van der Waals surface area contributed by atoms with Crippen LogP contribution in [-0.4, -0.2) is 10.2 Å². The summed E-state index contributed by atoms with van der Waals surface area (Å²) in [5, 5.41) is 8.99. The fourth-order valence-corrected chi connectivity index (χ4v) is 2.49. The molecule has 66 valence electrons. The lowest BCUT2D eigenvalue weighted by atomic mass is 10.2. The Morgan fingerprint density at radius 2 is 1.85 bits per heavy atom. The summed E-state index contributed by atoms with van der Waals surface area (Å²) in [6.07, 6.45) is 0. The first kappa shape index (κ1) is 9.54. The minimum Gasteiger partial charge on any atom is -0.137 e. The predicted octanol–water partition coefficient (Wildman–Crippen LogP) is 3.57. The van der Waals surface area contributed by atoms with Gasteiger partial charge in [-0.15, -0.1) is 10.2 Å². The summed E-state index contributed by atoms with van der Waals surface area (Å²) in [7, 11) is 0. The van der Waals surface area contributed by atoms with E-state index in [9.17, 15) is 0 Å². The fraction of sp³-hybridized carbons (Fsp3) is 0. The van der Waals surface area contributed by atoms with Crippen molar-refractivity contribution in [2.75, 3.05) is 0 Å². The highest BCUT2D eigenvalue weighted by molar-refractivity contribution is 14.1. The predicted molar refractivity (Wildman–Crippen MR) is 65.8 cm³/mol. The lowest BCUT2D eigenvalue weighted by molar-refractivity contribution is 1.07. The minimum absolute atomic E-state index is 0.968. The van der Waals surface area contributed by atoms with Gasteiger partial charge in [0.2, 0.25) is 0 Å². The Labute approximate surface area is 102 Å². The molecule has 2 rings (SSSR count). The maximum atomic E-state index is 4.06. The molecule has 1 heterocycles. The van der Waals surface area contributed by atoms with Crippen molar-refractivity contribution in [1.82, 2.24) is 10.2 Å². The molecule has 13 heavy (non-hydrogen) atoms. The van der Waals surface area contributed by atoms with E-state index in [0.29, 0.717) is 0 Å². The van der Waals surface area contributed by atoms with Crippen molar-refractivity contribution in [3.05, 3.63) is 31.8 Å². The molecule has 0 saturated carbocycles. The van der Waals surface area contributed by atoms with Crippen molar-refractivity contribution in [1.29, 1.82) is 0 Å². The maximum absolute atomic E-state index is 4.06. The summed E-state index contributed by atoms with van der Waals surface area (Å²) in [6.45, 7) is 0. The van der Waals surface area contributed by atoms with Crippen LogP contribution in [0.4, 0.5) is 0 Å². The molecule has 0 aliphatic heterocycles. The van der Waals surface area contributed by atoms with Gasteiger partial charge in [0.1, 0.15) is 5.01 Å². The normalized spacial score (nSPS) is 10.3. The van der Waals surface area contributed by atoms with Gasteiger partial charge in [-0.2, -0.15) is 0 Å². The third-order valence-corrected chi connectivity index (χ3v) is 3.66. The molecule has 0 atom stereocenters. The van der Waals surface area contributed by atoms with E-state index in [4.69, 9.17) is 0 Å². The zero-order valence-corrected chi connectivity index (χ0v) is 10.9. The van der Waals surface area contributed by atoms with Crippen molar-refractivity contribution in [2.45, 2.75) is 0 Å². The van der Waals surface area contributed by atoms with E-state index in [1.807, 2.05) is 24.3 Å². The van der Waals surface area contributed by atoms with Crippen LogP contribution >= 0.6 is 49.9 Å². The number of benzene rings is 1. The molecular formula is C8H4BrIN2S. The number of hydrogen-bond acceptors (Lipinski definition) is 3. The molecule has 0 aliphatic carbocycles. The third-order valence-electron chi connectivity index (χ3n) is 1.49. The second-order valence-corrected chi connectivity index (χ2v) is 6.01. The quantitative estimate of drug-likeness (QED) is 0.721. The van der Waals surface area contributed by atoms with Crippen molar-refractivity contribution >= 4 is 49.9 Å². The lowest BCUT2D eigenvalue weighted by Gasteiger charge is -1.93. The summed E-state index contributed by atoms with van der Waals surface area (Å²) >= 11 is 7.15. The summed E-state index contributed by atoms with van der Waals surface area (Å²) in [5.74, 6) is 0. The monoisotopic (exact) mass is 366 g/mol. The van der Waals surface area contributed by atoms with Crippen LogP contribution in [-0.2, 0) is 0 Å². The van der Waals surface area contributed by atoms with Gasteiger partial charge < -0.3 is 0 Å². The molecule has 1 aromatic heterocycles. The molecule has 1 aromatic carbocycles. The van der Waals surface area contributed by atoms with E-state index >= 15 is 0 Å². The van der Waals surface area contributed by atoms with Gasteiger partial charge in [0.05, 0.1) is 0 Å². The van der Waals surface area contributed by atoms with Crippen LogP contribution in [0.3, 0.4) is 0 Å². The molecule has 0 spiro atoms. The summed E-state index contributed by atoms with van der Waals surface area (Å²) < 4.78 is 2.05. The van der Waals surface area contributed by atoms with Crippen LogP contribution in [0.1, 0.15) is 0 Å². The first-order chi connectivity index (χ1) is 6.25. The first-order valence-corrected chi connectivity index (χ1v) is 6.19. The van der Waals surface area contributed by atoms with Gasteiger partial charge in [-0.25, -0.2) is 0 Å². The standard InChI is InChI=1S/C8H4BrIN2S/c9-6-3-1-5(2-4-6)7-11-12-8(10)13-7/h1-4H. The molecule has 0 saturated heterocycles. The zero-order valence-electron chi connectivity index (χ0n) is 6.37. The number of rotatable bonds is 1. The highest BCUT2D eigenvalue weighted by Gasteiger charge is 2.03. The van der Waals surface area contributed by atoms with Crippen molar-refractivity contribution in [2.24, 2.45) is 0 Å². The van der Waals surface area contributed by atoms with Gasteiger partial charge >= 0.3 is 0 Å². The Bertz CT molecular complexity index is 412. The molecule has 0 bridgehead atoms. The smallest absolute Gasteiger partial charge is 0.137 e. The molecule has 0 amide bonds. The summed E-state index contributed by atoms with van der Waals surface area (Å²) in [4.78, 5) is 0. The number of hydrogen-bond donors (Lipinski definition) is 0. The first-order valence-electron chi connectivity index (χ1n) is 3.50. The Morgan fingerprint density at radius 3 is 2.38 bits per heavy atom. The van der Waals surface area contributed by atoms with Gasteiger partial charge in [0.15, 0.2) is 3.01 Å². The van der Waals surface area contributed by atoms with E-state index in [-0.39, 0.29) is 0 Å². The highest BCUT2D eigenvalue weighted by Crippen LogP contribution is 2.25. The Balaban J connectivity index is 2.41. The van der Waals surface area contributed by atoms with E-state index in [0.717, 1.165) is 18.1 Å². The van der Waals surface area contributed by atoms with Gasteiger partial charge in [0, 0.05) is 10.0 Å². The van der Waals surface area contributed by atoms with Gasteiger partial charge in [0.25, 0.3) is 0 Å². The molecule has 5 heteroatoms. The van der Waals surface area contributed by atoms with Crippen LogP contribution in [0.5, 0.6) is 0 Å². The third kappa shape index (κ3) is 2.26. The van der Waals surface area contributed by atoms with Gasteiger partial charge in [-0.05, 0) is 34.7 Å². The van der Waals surface area contributed by atoms with E-state index in [1.54, 1.807) is 11.3 Å². The average molecular weight is 367 g/mol. The van der Waals surface area contributed by atoms with E-state index in [1.165, 1.54) is 0 Å². The summed E-state index contributed by atoms with van der Waals surface area (Å²) in [5.41, 5.74) is 1.11. The summed E-state index contributed by atoms with van der Waals surface area (Å²) in [6, 6.07) is 8.06. The van der Waals surface area contributed by atoms with Crippen LogP contribution < -0.4 is 0 Å². The molecule has 0 N–H and O–H groups in total. The molecule has 0 aliphatic rings. The largest absolute Gasteiger partial charge is 0.178 e. The number of nitrogens with zero attached hydrogens (tertiary/aromatic N) is 2. The maximum Gasteiger partial charge on any atom is 0.178 e. The molecule has 0 radical (unpaired) electrons. The van der Waals surface area contributed by atoms with E-state index < -0.39 is 0 Å². The number of halogens is 2. The highest BCUT2D eigenvalue weighted by atomic mass is 127. The van der Waals surface area contributed by atoms with Crippen molar-refractivity contribution in [3.63, 3.8) is 0 Å². The average Bonchev–Trinajstić information content (AvgIpc) is 2.53. The van der Waals surface area contributed by atoms with Crippen LogP contribution in [0.25, 0.3) is 10.6 Å². The Hall–Kier alpha value is -0.0100. The zero-order chi connectivity index (χ0) is 9.26. The van der Waals surface area contributed by atoms with Crippen LogP contribution in [0.2, 0.25) is 0 Å². The minimum atomic E-state index is 0.968. The van der Waals surface area contributed by atoms with Crippen molar-refractivity contribution < 1.29 is 0 Å². The second kappa shape index (κ2) is 4.02. The fourth-order valence-electron chi connectivity index (χ4n) is 0.914.